The molecule has 1 aliphatic rings. The van der Waals surface area contributed by atoms with Crippen LogP contribution in [0.2, 0.25) is 0 Å². The Bertz CT molecular complexity index is 538. The number of hydrogen-bond acceptors (Lipinski definition) is 3. The molecule has 1 aromatic rings. The SMILES string of the molecule is CCNC(COc1cc(C)cc(C)c1C)(C(N)=O)C1CC1. The lowest BCUT2D eigenvalue weighted by Gasteiger charge is -2.31. The number of carbonyl (C=O) groups excluding carboxylic acids is 1. The minimum absolute atomic E-state index is 0.293. The molecule has 0 radical (unpaired) electrons. The maximum atomic E-state index is 12.0. The van der Waals surface area contributed by atoms with Crippen molar-refractivity contribution in [2.45, 2.75) is 46.1 Å². The number of nitrogens with one attached hydrogen (secondary N) is 1. The number of hydrogen-bond donors (Lipinski definition) is 2. The number of aryl methyl sites for hydroxylation is 2. The van der Waals surface area contributed by atoms with Crippen molar-refractivity contribution < 1.29 is 9.53 Å². The highest BCUT2D eigenvalue weighted by molar-refractivity contribution is 5.85. The lowest BCUT2D eigenvalue weighted by atomic mass is 9.93. The van der Waals surface area contributed by atoms with E-state index in [1.165, 1.54) is 5.56 Å². The van der Waals surface area contributed by atoms with E-state index in [1.54, 1.807) is 0 Å². The van der Waals surface area contributed by atoms with E-state index in [1.807, 2.05) is 26.8 Å². The minimum Gasteiger partial charge on any atom is -0.491 e. The van der Waals surface area contributed by atoms with E-state index >= 15 is 0 Å². The van der Waals surface area contributed by atoms with Gasteiger partial charge in [-0.3, -0.25) is 4.79 Å². The predicted octanol–water partition coefficient (Wildman–Crippen LogP) is 2.23. The Morgan fingerprint density at radius 3 is 2.57 bits per heavy atom. The van der Waals surface area contributed by atoms with Crippen molar-refractivity contribution in [3.05, 3.63) is 28.8 Å². The molecule has 1 atom stereocenters. The number of benzene rings is 1. The number of carbonyl (C=O) groups is 1. The van der Waals surface area contributed by atoms with Gasteiger partial charge in [0, 0.05) is 0 Å². The number of ether oxygens (including phenoxy) is 1. The first-order valence-electron chi connectivity index (χ1n) is 7.66. The molecule has 21 heavy (non-hydrogen) atoms. The quantitative estimate of drug-likeness (QED) is 0.809. The molecule has 0 heterocycles. The van der Waals surface area contributed by atoms with Gasteiger partial charge >= 0.3 is 0 Å². The van der Waals surface area contributed by atoms with E-state index in [2.05, 4.69) is 18.3 Å². The highest BCUT2D eigenvalue weighted by Gasteiger charge is 2.50. The normalized spacial score (nSPS) is 17.3. The number of primary amides is 1. The van der Waals surface area contributed by atoms with Crippen LogP contribution in [0.3, 0.4) is 0 Å². The fourth-order valence-electron chi connectivity index (χ4n) is 2.91. The van der Waals surface area contributed by atoms with Crippen LogP contribution < -0.4 is 15.8 Å². The van der Waals surface area contributed by atoms with Crippen LogP contribution in [-0.4, -0.2) is 24.6 Å². The summed E-state index contributed by atoms with van der Waals surface area (Å²) in [5, 5.41) is 3.28. The number of rotatable bonds is 7. The first kappa shape index (κ1) is 15.8. The maximum Gasteiger partial charge on any atom is 0.241 e. The van der Waals surface area contributed by atoms with Gasteiger partial charge in [0.25, 0.3) is 0 Å². The van der Waals surface area contributed by atoms with Crippen LogP contribution in [0.5, 0.6) is 5.75 Å². The summed E-state index contributed by atoms with van der Waals surface area (Å²) in [6, 6.07) is 4.15. The van der Waals surface area contributed by atoms with Crippen LogP contribution in [0.15, 0.2) is 12.1 Å². The summed E-state index contributed by atoms with van der Waals surface area (Å²) in [5.74, 6) is 0.826. The van der Waals surface area contributed by atoms with E-state index in [9.17, 15) is 4.79 Å². The third kappa shape index (κ3) is 3.21. The van der Waals surface area contributed by atoms with Gasteiger partial charge in [0.15, 0.2) is 0 Å². The number of likely N-dealkylation sites (N-methyl/N-ethyl adjacent to an activating group) is 1. The van der Waals surface area contributed by atoms with E-state index < -0.39 is 5.54 Å². The molecule has 1 saturated carbocycles. The topological polar surface area (TPSA) is 64.3 Å². The van der Waals surface area contributed by atoms with Crippen molar-refractivity contribution in [2.24, 2.45) is 11.7 Å². The van der Waals surface area contributed by atoms with Crippen molar-refractivity contribution in [2.75, 3.05) is 13.2 Å². The van der Waals surface area contributed by atoms with Crippen LogP contribution in [0.1, 0.15) is 36.5 Å². The zero-order valence-corrected chi connectivity index (χ0v) is 13.5. The Balaban J connectivity index is 2.21. The fraction of sp³-hybridized carbons (Fsp3) is 0.588. The molecule has 1 aliphatic carbocycles. The van der Waals surface area contributed by atoms with E-state index in [0.29, 0.717) is 19.1 Å². The van der Waals surface area contributed by atoms with Gasteiger partial charge in [-0.15, -0.1) is 0 Å². The highest BCUT2D eigenvalue weighted by Crippen LogP contribution is 2.40. The van der Waals surface area contributed by atoms with Gasteiger partial charge in [0.2, 0.25) is 5.91 Å². The van der Waals surface area contributed by atoms with Crippen molar-refractivity contribution in [3.8, 4) is 5.75 Å². The van der Waals surface area contributed by atoms with Crippen LogP contribution in [0, 0.1) is 26.7 Å². The van der Waals surface area contributed by atoms with Crippen LogP contribution in [0.4, 0.5) is 0 Å². The predicted molar refractivity (Wildman–Crippen MR) is 84.5 cm³/mol. The van der Waals surface area contributed by atoms with Crippen molar-refractivity contribution in [3.63, 3.8) is 0 Å². The Kier molecular flexibility index (Phi) is 4.57. The summed E-state index contributed by atoms with van der Waals surface area (Å²) < 4.78 is 6.02. The summed E-state index contributed by atoms with van der Waals surface area (Å²) >= 11 is 0. The zero-order valence-electron chi connectivity index (χ0n) is 13.5. The Labute approximate surface area is 127 Å². The molecule has 1 aromatic carbocycles. The lowest BCUT2D eigenvalue weighted by molar-refractivity contribution is -0.126. The molecule has 1 fully saturated rings. The van der Waals surface area contributed by atoms with E-state index in [0.717, 1.165) is 29.7 Å². The highest BCUT2D eigenvalue weighted by atomic mass is 16.5. The molecule has 0 saturated heterocycles. The molecule has 4 heteroatoms. The molecule has 0 spiro atoms. The Morgan fingerprint density at radius 1 is 1.38 bits per heavy atom. The Hall–Kier alpha value is -1.55. The summed E-state index contributed by atoms with van der Waals surface area (Å²) in [7, 11) is 0. The molecule has 116 valence electrons. The van der Waals surface area contributed by atoms with Crippen LogP contribution in [-0.2, 0) is 4.79 Å². The van der Waals surface area contributed by atoms with Gasteiger partial charge in [0.05, 0.1) is 0 Å². The summed E-state index contributed by atoms with van der Waals surface area (Å²) in [6.07, 6.45) is 2.07. The lowest BCUT2D eigenvalue weighted by Crippen LogP contribution is -2.61. The van der Waals surface area contributed by atoms with Gasteiger partial charge < -0.3 is 15.8 Å². The third-order valence-electron chi connectivity index (χ3n) is 4.43. The van der Waals surface area contributed by atoms with E-state index in [4.69, 9.17) is 10.5 Å². The largest absolute Gasteiger partial charge is 0.491 e. The van der Waals surface area contributed by atoms with Gasteiger partial charge in [-0.05, 0) is 68.8 Å². The van der Waals surface area contributed by atoms with Crippen molar-refractivity contribution >= 4 is 5.91 Å². The maximum absolute atomic E-state index is 12.0. The van der Waals surface area contributed by atoms with E-state index in [-0.39, 0.29) is 5.91 Å². The minimum atomic E-state index is -0.737. The first-order valence-corrected chi connectivity index (χ1v) is 7.66. The average Bonchev–Trinajstić information content (AvgIpc) is 3.24. The van der Waals surface area contributed by atoms with Crippen LogP contribution >= 0.6 is 0 Å². The fourth-order valence-corrected chi connectivity index (χ4v) is 2.91. The second-order valence-electron chi connectivity index (χ2n) is 6.13. The standard InChI is InChI=1S/C17H26N2O2/c1-5-19-17(16(18)20,14-6-7-14)10-21-15-9-11(2)8-12(3)13(15)4/h8-9,14,19H,5-7,10H2,1-4H3,(H2,18,20). The molecule has 0 aromatic heterocycles. The molecular weight excluding hydrogens is 264 g/mol. The monoisotopic (exact) mass is 290 g/mol. The van der Waals surface area contributed by atoms with Gasteiger partial charge in [-0.2, -0.15) is 0 Å². The number of amides is 1. The molecule has 4 nitrogen and oxygen atoms in total. The van der Waals surface area contributed by atoms with Crippen LogP contribution in [0.25, 0.3) is 0 Å². The van der Waals surface area contributed by atoms with Gasteiger partial charge in [-0.1, -0.05) is 13.0 Å². The second-order valence-corrected chi connectivity index (χ2v) is 6.13. The smallest absolute Gasteiger partial charge is 0.241 e. The third-order valence-corrected chi connectivity index (χ3v) is 4.43. The van der Waals surface area contributed by atoms with Gasteiger partial charge in [0.1, 0.15) is 17.9 Å². The van der Waals surface area contributed by atoms with Gasteiger partial charge in [-0.25, -0.2) is 0 Å². The summed E-state index contributed by atoms with van der Waals surface area (Å²) in [5.41, 5.74) is 8.42. The van der Waals surface area contributed by atoms with Crippen molar-refractivity contribution in [1.82, 2.24) is 5.32 Å². The Morgan fingerprint density at radius 2 is 2.05 bits per heavy atom. The summed E-state index contributed by atoms with van der Waals surface area (Å²) in [6.45, 7) is 9.15. The zero-order chi connectivity index (χ0) is 15.6. The second kappa shape index (κ2) is 6.06. The summed E-state index contributed by atoms with van der Waals surface area (Å²) in [4.78, 5) is 12.0. The first-order chi connectivity index (χ1) is 9.90. The molecule has 2 rings (SSSR count). The number of nitrogens with two attached hydrogens (primary N) is 1. The molecule has 1 unspecified atom stereocenters. The molecular formula is C17H26N2O2. The molecule has 1 amide bonds. The molecule has 0 bridgehead atoms. The molecule has 3 N–H and O–H groups in total. The average molecular weight is 290 g/mol. The van der Waals surface area contributed by atoms with Crippen molar-refractivity contribution in [1.29, 1.82) is 0 Å². The molecule has 0 aliphatic heterocycles.